The lowest BCUT2D eigenvalue weighted by Gasteiger charge is -2.14. The van der Waals surface area contributed by atoms with E-state index in [2.05, 4.69) is 0 Å². The molecule has 10 heteroatoms. The third-order valence-electron chi connectivity index (χ3n) is 2.58. The minimum absolute atomic E-state index is 0.00370. The smallest absolute Gasteiger partial charge is 0.321 e. The molecule has 116 valence electrons. The number of benzene rings is 1. The third-order valence-corrected chi connectivity index (χ3v) is 4.33. The zero-order chi connectivity index (χ0) is 16.2. The first kappa shape index (κ1) is 17.3. The monoisotopic (exact) mass is 336 g/mol. The van der Waals surface area contributed by atoms with Crippen molar-refractivity contribution in [3.8, 4) is 0 Å². The molecule has 0 aliphatic heterocycles. The van der Waals surface area contributed by atoms with Gasteiger partial charge in [-0.05, 0) is 18.6 Å². The van der Waals surface area contributed by atoms with Crippen molar-refractivity contribution in [1.82, 2.24) is 4.72 Å². The zero-order valence-corrected chi connectivity index (χ0v) is 12.5. The highest BCUT2D eigenvalue weighted by atomic mass is 35.5. The number of aliphatic carboxylic acids is 1. The highest BCUT2D eigenvalue weighted by Crippen LogP contribution is 2.27. The number of nitro groups is 1. The van der Waals surface area contributed by atoms with Crippen molar-refractivity contribution in [2.45, 2.75) is 30.7 Å². The Bertz CT molecular complexity index is 661. The van der Waals surface area contributed by atoms with Gasteiger partial charge in [0.25, 0.3) is 5.69 Å². The minimum atomic E-state index is -4.35. The molecule has 0 amide bonds. The van der Waals surface area contributed by atoms with Crippen LogP contribution in [0.15, 0.2) is 23.1 Å². The van der Waals surface area contributed by atoms with E-state index in [1.165, 1.54) is 6.07 Å². The summed E-state index contributed by atoms with van der Waals surface area (Å²) in [6.45, 7) is 1.69. The average Bonchev–Trinajstić information content (AvgIpc) is 2.37. The Balaban J connectivity index is 3.25. The Morgan fingerprint density at radius 2 is 2.14 bits per heavy atom. The molecule has 0 radical (unpaired) electrons. The SMILES string of the molecule is CCC[C@@H](NS(=O)(=O)c1ccc(Cl)cc1[N+](=O)[O-])C(=O)O. The fourth-order valence-electron chi connectivity index (χ4n) is 1.63. The Hall–Kier alpha value is -1.71. The summed E-state index contributed by atoms with van der Waals surface area (Å²) in [4.78, 5) is 20.4. The summed E-state index contributed by atoms with van der Waals surface area (Å²) in [5, 5.41) is 19.9. The van der Waals surface area contributed by atoms with Gasteiger partial charge in [-0.15, -0.1) is 0 Å². The highest BCUT2D eigenvalue weighted by Gasteiger charge is 2.30. The van der Waals surface area contributed by atoms with Gasteiger partial charge < -0.3 is 5.11 Å². The number of sulfonamides is 1. The lowest BCUT2D eigenvalue weighted by atomic mass is 10.2. The van der Waals surface area contributed by atoms with Crippen molar-refractivity contribution in [2.24, 2.45) is 0 Å². The molecule has 0 saturated heterocycles. The quantitative estimate of drug-likeness (QED) is 0.577. The molecule has 0 saturated carbocycles. The molecule has 1 aromatic rings. The first-order chi connectivity index (χ1) is 9.69. The van der Waals surface area contributed by atoms with Crippen molar-refractivity contribution in [3.05, 3.63) is 33.3 Å². The second kappa shape index (κ2) is 6.83. The molecule has 0 aliphatic carbocycles. The van der Waals surface area contributed by atoms with Gasteiger partial charge in [-0.2, -0.15) is 4.72 Å². The molecule has 0 unspecified atom stereocenters. The van der Waals surface area contributed by atoms with Crippen molar-refractivity contribution < 1.29 is 23.2 Å². The Labute approximate surface area is 125 Å². The number of rotatable bonds is 7. The largest absolute Gasteiger partial charge is 0.480 e. The third kappa shape index (κ3) is 4.38. The lowest BCUT2D eigenvalue weighted by Crippen LogP contribution is -2.40. The molecular formula is C11H13ClN2O6S. The van der Waals surface area contributed by atoms with E-state index in [1.807, 2.05) is 4.72 Å². The number of carbonyl (C=O) groups is 1. The normalized spacial score (nSPS) is 12.9. The van der Waals surface area contributed by atoms with Crippen LogP contribution in [0.3, 0.4) is 0 Å². The average molecular weight is 337 g/mol. The Morgan fingerprint density at radius 3 is 2.62 bits per heavy atom. The van der Waals surface area contributed by atoms with Crippen LogP contribution in [-0.4, -0.2) is 30.5 Å². The van der Waals surface area contributed by atoms with Gasteiger partial charge in [0.15, 0.2) is 4.90 Å². The number of hydrogen-bond donors (Lipinski definition) is 2. The number of halogens is 1. The second-order valence-electron chi connectivity index (χ2n) is 4.17. The number of hydrogen-bond acceptors (Lipinski definition) is 5. The predicted octanol–water partition coefficient (Wildman–Crippen LogP) is 1.78. The van der Waals surface area contributed by atoms with Crippen LogP contribution in [0.25, 0.3) is 0 Å². The van der Waals surface area contributed by atoms with Crippen molar-refractivity contribution in [3.63, 3.8) is 0 Å². The van der Waals surface area contributed by atoms with Crippen molar-refractivity contribution in [2.75, 3.05) is 0 Å². The van der Waals surface area contributed by atoms with Gasteiger partial charge in [0.05, 0.1) is 4.92 Å². The molecule has 0 spiro atoms. The number of carboxylic acids is 1. The second-order valence-corrected chi connectivity index (χ2v) is 6.29. The topological polar surface area (TPSA) is 127 Å². The van der Waals surface area contributed by atoms with Gasteiger partial charge in [0.1, 0.15) is 6.04 Å². The van der Waals surface area contributed by atoms with E-state index in [-0.39, 0.29) is 11.4 Å². The summed E-state index contributed by atoms with van der Waals surface area (Å²) in [5.41, 5.74) is -0.712. The molecule has 8 nitrogen and oxygen atoms in total. The van der Waals surface area contributed by atoms with Gasteiger partial charge in [0, 0.05) is 11.1 Å². The molecule has 1 rings (SSSR count). The summed E-state index contributed by atoms with van der Waals surface area (Å²) >= 11 is 5.60. The molecular weight excluding hydrogens is 324 g/mol. The van der Waals surface area contributed by atoms with Crippen LogP contribution < -0.4 is 4.72 Å². The number of nitro benzene ring substituents is 1. The van der Waals surface area contributed by atoms with E-state index in [0.717, 1.165) is 12.1 Å². The fourth-order valence-corrected chi connectivity index (χ4v) is 3.18. The summed E-state index contributed by atoms with van der Waals surface area (Å²) in [6, 6.07) is 1.69. The first-order valence-electron chi connectivity index (χ1n) is 5.88. The van der Waals surface area contributed by atoms with Crippen LogP contribution in [0.1, 0.15) is 19.8 Å². The molecule has 21 heavy (non-hydrogen) atoms. The minimum Gasteiger partial charge on any atom is -0.480 e. The van der Waals surface area contributed by atoms with Crippen LogP contribution in [-0.2, 0) is 14.8 Å². The molecule has 0 aromatic heterocycles. The molecule has 1 aromatic carbocycles. The van der Waals surface area contributed by atoms with E-state index >= 15 is 0 Å². The first-order valence-corrected chi connectivity index (χ1v) is 7.74. The summed E-state index contributed by atoms with van der Waals surface area (Å²) in [5.74, 6) is -1.35. The zero-order valence-electron chi connectivity index (χ0n) is 10.9. The van der Waals surface area contributed by atoms with E-state index in [4.69, 9.17) is 16.7 Å². The predicted molar refractivity (Wildman–Crippen MR) is 74.8 cm³/mol. The molecule has 1 atom stereocenters. The molecule has 0 bridgehead atoms. The Morgan fingerprint density at radius 1 is 1.52 bits per heavy atom. The van der Waals surface area contributed by atoms with Crippen LogP contribution in [0.4, 0.5) is 5.69 Å². The standard InChI is InChI=1S/C11H13ClN2O6S/c1-2-3-8(11(15)16)13-21(19,20)10-5-4-7(12)6-9(10)14(17)18/h4-6,8,13H,2-3H2,1H3,(H,15,16)/t8-/m1/s1. The van der Waals surface area contributed by atoms with Crippen LogP contribution in [0.5, 0.6) is 0 Å². The number of nitrogens with one attached hydrogen (secondary N) is 1. The molecule has 0 aliphatic rings. The maximum absolute atomic E-state index is 12.1. The summed E-state index contributed by atoms with van der Waals surface area (Å²) in [7, 11) is -4.35. The van der Waals surface area contributed by atoms with Crippen LogP contribution in [0, 0.1) is 10.1 Å². The molecule has 0 heterocycles. The summed E-state index contributed by atoms with van der Waals surface area (Å²) in [6.07, 6.45) is 0.498. The number of nitrogens with zero attached hydrogens (tertiary/aromatic N) is 1. The number of carboxylic acid groups (broad SMARTS) is 1. The van der Waals surface area contributed by atoms with Gasteiger partial charge in [0.2, 0.25) is 10.0 Å². The fraction of sp³-hybridized carbons (Fsp3) is 0.364. The lowest BCUT2D eigenvalue weighted by molar-refractivity contribution is -0.387. The van der Waals surface area contributed by atoms with E-state index in [9.17, 15) is 23.3 Å². The van der Waals surface area contributed by atoms with E-state index in [1.54, 1.807) is 6.92 Å². The van der Waals surface area contributed by atoms with Gasteiger partial charge in [-0.3, -0.25) is 14.9 Å². The summed E-state index contributed by atoms with van der Waals surface area (Å²) < 4.78 is 26.2. The molecule has 0 fully saturated rings. The van der Waals surface area contributed by atoms with E-state index < -0.39 is 37.5 Å². The molecule has 2 N–H and O–H groups in total. The van der Waals surface area contributed by atoms with Crippen LogP contribution in [0.2, 0.25) is 5.02 Å². The van der Waals surface area contributed by atoms with Gasteiger partial charge >= 0.3 is 5.97 Å². The van der Waals surface area contributed by atoms with Gasteiger partial charge in [-0.25, -0.2) is 8.42 Å². The highest BCUT2D eigenvalue weighted by molar-refractivity contribution is 7.89. The van der Waals surface area contributed by atoms with Gasteiger partial charge in [-0.1, -0.05) is 24.9 Å². The maximum Gasteiger partial charge on any atom is 0.321 e. The van der Waals surface area contributed by atoms with Crippen molar-refractivity contribution >= 4 is 33.3 Å². The van der Waals surface area contributed by atoms with Crippen molar-refractivity contribution in [1.29, 1.82) is 0 Å². The van der Waals surface area contributed by atoms with E-state index in [0.29, 0.717) is 6.42 Å². The Kier molecular flexibility index (Phi) is 5.64. The van der Waals surface area contributed by atoms with Crippen LogP contribution >= 0.6 is 11.6 Å². The maximum atomic E-state index is 12.1.